The highest BCUT2D eigenvalue weighted by atomic mass is 19.1. The van der Waals surface area contributed by atoms with Gasteiger partial charge in [-0.1, -0.05) is 6.92 Å². The van der Waals surface area contributed by atoms with E-state index in [1.54, 1.807) is 0 Å². The zero-order valence-corrected chi connectivity index (χ0v) is 5.89. The van der Waals surface area contributed by atoms with Gasteiger partial charge in [-0.25, -0.2) is 9.18 Å². The molecule has 1 atom stereocenters. The second-order valence-electron chi connectivity index (χ2n) is 1.76. The highest BCUT2D eigenvalue weighted by Crippen LogP contribution is 1.94. The third-order valence-electron chi connectivity index (χ3n) is 0.828. The van der Waals surface area contributed by atoms with Crippen LogP contribution in [0.1, 0.15) is 20.3 Å². The molecule has 1 unspecified atom stereocenters. The molecule has 0 rings (SSSR count). The predicted octanol–water partition coefficient (Wildman–Crippen LogP) is 0.824. The monoisotopic (exact) mass is 148 g/mol. The molecule has 0 aliphatic carbocycles. The molecule has 0 aliphatic rings. The fraction of sp³-hybridized carbons (Fsp3) is 0.667. The van der Waals surface area contributed by atoms with E-state index in [0.717, 1.165) is 6.92 Å². The summed E-state index contributed by atoms with van der Waals surface area (Å²) in [7, 11) is 0. The maximum atomic E-state index is 12.0. The van der Waals surface area contributed by atoms with Crippen LogP contribution in [0.15, 0.2) is 0 Å². The molecule has 0 spiro atoms. The summed E-state index contributed by atoms with van der Waals surface area (Å²) in [6, 6.07) is 0. The highest BCUT2D eigenvalue weighted by molar-refractivity contribution is 5.87. The van der Waals surface area contributed by atoms with Crippen molar-refractivity contribution in [2.75, 3.05) is 0 Å². The number of carbonyl (C=O) groups excluding carboxylic acids is 2. The summed E-state index contributed by atoms with van der Waals surface area (Å²) < 4.78 is 16.0. The maximum absolute atomic E-state index is 12.0. The van der Waals surface area contributed by atoms with Crippen molar-refractivity contribution in [1.82, 2.24) is 0 Å². The van der Waals surface area contributed by atoms with E-state index in [1.807, 2.05) is 0 Å². The van der Waals surface area contributed by atoms with Gasteiger partial charge in [-0.05, 0) is 6.92 Å². The summed E-state index contributed by atoms with van der Waals surface area (Å²) in [5.74, 6) is -1.82. The summed E-state index contributed by atoms with van der Waals surface area (Å²) >= 11 is 0. The number of carbonyl (C=O) groups is 2. The quantitative estimate of drug-likeness (QED) is 0.430. The number of hydrogen-bond donors (Lipinski definition) is 0. The van der Waals surface area contributed by atoms with Crippen LogP contribution in [0, 0.1) is 0 Å². The van der Waals surface area contributed by atoms with E-state index in [2.05, 4.69) is 4.74 Å². The molecule has 0 saturated carbocycles. The fourth-order valence-corrected chi connectivity index (χ4v) is 0.266. The van der Waals surface area contributed by atoms with Gasteiger partial charge in [0.25, 0.3) is 0 Å². The first-order chi connectivity index (χ1) is 4.57. The van der Waals surface area contributed by atoms with Crippen molar-refractivity contribution >= 4 is 11.9 Å². The first kappa shape index (κ1) is 9.07. The minimum Gasteiger partial charge on any atom is -0.391 e. The van der Waals surface area contributed by atoms with Gasteiger partial charge in [0.2, 0.25) is 0 Å². The van der Waals surface area contributed by atoms with Gasteiger partial charge >= 0.3 is 11.9 Å². The molecule has 10 heavy (non-hydrogen) atoms. The standard InChI is InChI=1S/C6H9FO3/c1-3-5(8)10-6(9)4(2)7/h4H,3H2,1-2H3. The van der Waals surface area contributed by atoms with Crippen LogP contribution in [0.25, 0.3) is 0 Å². The average molecular weight is 148 g/mol. The lowest BCUT2D eigenvalue weighted by Gasteiger charge is -1.99. The molecule has 0 aromatic rings. The molecule has 4 heteroatoms. The zero-order chi connectivity index (χ0) is 8.15. The van der Waals surface area contributed by atoms with Gasteiger partial charge in [-0.15, -0.1) is 0 Å². The molecule has 3 nitrogen and oxygen atoms in total. The van der Waals surface area contributed by atoms with Crippen molar-refractivity contribution in [1.29, 1.82) is 0 Å². The molecule has 0 bridgehead atoms. The lowest BCUT2D eigenvalue weighted by molar-refractivity contribution is -0.162. The zero-order valence-electron chi connectivity index (χ0n) is 5.89. The summed E-state index contributed by atoms with van der Waals surface area (Å²) in [6.45, 7) is 2.55. The Balaban J connectivity index is 3.69. The van der Waals surface area contributed by atoms with Crippen molar-refractivity contribution in [3.05, 3.63) is 0 Å². The topological polar surface area (TPSA) is 43.4 Å². The second-order valence-corrected chi connectivity index (χ2v) is 1.76. The van der Waals surface area contributed by atoms with Crippen molar-refractivity contribution in [2.45, 2.75) is 26.4 Å². The molecule has 0 fully saturated rings. The normalized spacial score (nSPS) is 12.3. The van der Waals surface area contributed by atoms with E-state index in [1.165, 1.54) is 6.92 Å². The maximum Gasteiger partial charge on any atom is 0.348 e. The minimum absolute atomic E-state index is 0.0818. The predicted molar refractivity (Wildman–Crippen MR) is 32.0 cm³/mol. The third kappa shape index (κ3) is 3.17. The molecule has 0 aromatic carbocycles. The molecule has 58 valence electrons. The van der Waals surface area contributed by atoms with Crippen molar-refractivity contribution in [3.8, 4) is 0 Å². The minimum atomic E-state index is -1.73. The molecule has 0 aromatic heterocycles. The Morgan fingerprint density at radius 3 is 2.40 bits per heavy atom. The molecule has 0 amide bonds. The number of ether oxygens (including phenoxy) is 1. The lowest BCUT2D eigenvalue weighted by atomic mass is 10.4. The van der Waals surface area contributed by atoms with Crippen LogP contribution in [0.2, 0.25) is 0 Å². The van der Waals surface area contributed by atoms with Crippen molar-refractivity contribution < 1.29 is 18.7 Å². The number of halogens is 1. The average Bonchev–Trinajstić information content (AvgIpc) is 1.87. The van der Waals surface area contributed by atoms with E-state index in [9.17, 15) is 14.0 Å². The van der Waals surface area contributed by atoms with Crippen molar-refractivity contribution in [2.24, 2.45) is 0 Å². The summed E-state index contributed by atoms with van der Waals surface area (Å²) in [4.78, 5) is 20.6. The number of rotatable bonds is 2. The Kier molecular flexibility index (Phi) is 3.61. The van der Waals surface area contributed by atoms with Crippen LogP contribution in [-0.2, 0) is 14.3 Å². The molecular formula is C6H9FO3. The second kappa shape index (κ2) is 3.98. The van der Waals surface area contributed by atoms with E-state index >= 15 is 0 Å². The molecule has 0 saturated heterocycles. The van der Waals surface area contributed by atoms with E-state index in [0.29, 0.717) is 0 Å². The number of hydrogen-bond acceptors (Lipinski definition) is 3. The summed E-state index contributed by atoms with van der Waals surface area (Å²) in [5, 5.41) is 0. The first-order valence-corrected chi connectivity index (χ1v) is 2.96. The third-order valence-corrected chi connectivity index (χ3v) is 0.828. The van der Waals surface area contributed by atoms with Crippen LogP contribution in [0.4, 0.5) is 4.39 Å². The summed E-state index contributed by atoms with van der Waals surface area (Å²) in [6.07, 6.45) is -1.64. The van der Waals surface area contributed by atoms with Crippen molar-refractivity contribution in [3.63, 3.8) is 0 Å². The smallest absolute Gasteiger partial charge is 0.348 e. The van der Waals surface area contributed by atoms with Crippen LogP contribution in [0.5, 0.6) is 0 Å². The Morgan fingerprint density at radius 1 is 1.60 bits per heavy atom. The fourth-order valence-electron chi connectivity index (χ4n) is 0.266. The molecule has 0 radical (unpaired) electrons. The van der Waals surface area contributed by atoms with Gasteiger partial charge in [0, 0.05) is 6.42 Å². The van der Waals surface area contributed by atoms with Crippen LogP contribution >= 0.6 is 0 Å². The molecule has 0 heterocycles. The SMILES string of the molecule is CCC(=O)OC(=O)C(C)F. The van der Waals surface area contributed by atoms with Gasteiger partial charge in [0.05, 0.1) is 0 Å². The van der Waals surface area contributed by atoms with E-state index in [4.69, 9.17) is 0 Å². The Labute approximate surface area is 58.2 Å². The van der Waals surface area contributed by atoms with E-state index in [-0.39, 0.29) is 6.42 Å². The number of esters is 2. The van der Waals surface area contributed by atoms with Gasteiger partial charge in [0.1, 0.15) is 0 Å². The Hall–Kier alpha value is -0.930. The summed E-state index contributed by atoms with van der Waals surface area (Å²) in [5.41, 5.74) is 0. The molecule has 0 aliphatic heterocycles. The Morgan fingerprint density at radius 2 is 2.10 bits per heavy atom. The first-order valence-electron chi connectivity index (χ1n) is 2.96. The Bertz CT molecular complexity index is 142. The van der Waals surface area contributed by atoms with Crippen LogP contribution in [-0.4, -0.2) is 18.1 Å². The van der Waals surface area contributed by atoms with Gasteiger partial charge in [0.15, 0.2) is 6.17 Å². The van der Waals surface area contributed by atoms with Gasteiger partial charge in [-0.2, -0.15) is 0 Å². The molecular weight excluding hydrogens is 139 g/mol. The molecule has 0 N–H and O–H groups in total. The van der Waals surface area contributed by atoms with Crippen LogP contribution < -0.4 is 0 Å². The van der Waals surface area contributed by atoms with Gasteiger partial charge in [-0.3, -0.25) is 4.79 Å². The lowest BCUT2D eigenvalue weighted by Crippen LogP contribution is -2.19. The van der Waals surface area contributed by atoms with Crippen LogP contribution in [0.3, 0.4) is 0 Å². The largest absolute Gasteiger partial charge is 0.391 e. The highest BCUT2D eigenvalue weighted by Gasteiger charge is 2.15. The van der Waals surface area contributed by atoms with Gasteiger partial charge < -0.3 is 4.74 Å². The van der Waals surface area contributed by atoms with E-state index < -0.39 is 18.1 Å². The number of alkyl halides is 1.